The molecule has 11 heteroatoms. The van der Waals surface area contributed by atoms with Gasteiger partial charge in [-0.1, -0.05) is 0 Å². The van der Waals surface area contributed by atoms with Crippen LogP contribution in [0.3, 0.4) is 0 Å². The second-order valence-corrected chi connectivity index (χ2v) is 11.4. The molecule has 2 aromatic heterocycles. The molecule has 0 aromatic carbocycles. The van der Waals surface area contributed by atoms with E-state index in [9.17, 15) is 18.8 Å². The number of nitrogens with one attached hydrogen (secondary N) is 4. The van der Waals surface area contributed by atoms with E-state index in [0.29, 0.717) is 25.7 Å². The lowest BCUT2D eigenvalue weighted by atomic mass is 9.77. The maximum Gasteiger partial charge on any atom is 0.223 e. The highest BCUT2D eigenvalue weighted by molar-refractivity contribution is 6.03. The number of hydrogen-bond acceptors (Lipinski definition) is 7. The molecular formula is C27H33FN6O4. The third-order valence-electron chi connectivity index (χ3n) is 9.03. The average Bonchev–Trinajstić information content (AvgIpc) is 3.63. The number of halogens is 1. The number of piperidine rings is 1. The van der Waals surface area contributed by atoms with Gasteiger partial charge in [-0.05, 0) is 63.9 Å². The minimum Gasteiger partial charge on any atom is -0.481 e. The van der Waals surface area contributed by atoms with Crippen LogP contribution in [0.5, 0.6) is 5.88 Å². The van der Waals surface area contributed by atoms with Crippen LogP contribution < -0.4 is 20.7 Å². The molecule has 1 spiro atoms. The molecule has 1 aliphatic carbocycles. The van der Waals surface area contributed by atoms with Crippen molar-refractivity contribution in [3.8, 4) is 17.1 Å². The first kappa shape index (κ1) is 25.0. The predicted octanol–water partition coefficient (Wildman–Crippen LogP) is 2.41. The van der Waals surface area contributed by atoms with Gasteiger partial charge in [0.15, 0.2) is 5.82 Å². The van der Waals surface area contributed by atoms with Gasteiger partial charge >= 0.3 is 0 Å². The first-order valence-electron chi connectivity index (χ1n) is 13.5. The first-order valence-corrected chi connectivity index (χ1v) is 13.5. The number of fused-ring (bicyclic) bond motifs is 2. The fourth-order valence-corrected chi connectivity index (χ4v) is 6.96. The van der Waals surface area contributed by atoms with Crippen LogP contribution in [0.2, 0.25) is 0 Å². The molecule has 5 heterocycles. The van der Waals surface area contributed by atoms with Crippen molar-refractivity contribution in [1.29, 1.82) is 0 Å². The van der Waals surface area contributed by atoms with E-state index in [-0.39, 0.29) is 64.0 Å². The van der Waals surface area contributed by atoms with E-state index >= 15 is 0 Å². The number of ketones is 1. The summed E-state index contributed by atoms with van der Waals surface area (Å²) in [5, 5.41) is 16.8. The molecule has 3 aliphatic heterocycles. The van der Waals surface area contributed by atoms with E-state index in [1.165, 1.54) is 13.2 Å². The number of Topliss-reactive ketones (excluding diaryl/α,β-unsaturated/α-hetero) is 1. The highest BCUT2D eigenvalue weighted by Gasteiger charge is 2.52. The van der Waals surface area contributed by atoms with E-state index < -0.39 is 11.4 Å². The number of pyridine rings is 1. The normalized spacial score (nSPS) is 32.3. The Hall–Kier alpha value is -3.34. The molecule has 0 radical (unpaired) electrons. The van der Waals surface area contributed by atoms with Crippen LogP contribution in [0.25, 0.3) is 11.3 Å². The average molecular weight is 525 g/mol. The van der Waals surface area contributed by atoms with Crippen LogP contribution in [0, 0.1) is 11.7 Å². The molecule has 3 atom stereocenters. The zero-order valence-corrected chi connectivity index (χ0v) is 21.4. The van der Waals surface area contributed by atoms with Crippen LogP contribution in [0.15, 0.2) is 18.3 Å². The molecule has 4 N–H and O–H groups in total. The Labute approximate surface area is 219 Å². The molecule has 202 valence electrons. The van der Waals surface area contributed by atoms with Crippen molar-refractivity contribution in [2.45, 2.75) is 87.4 Å². The Morgan fingerprint density at radius 1 is 1.16 bits per heavy atom. The third kappa shape index (κ3) is 4.46. The minimum absolute atomic E-state index is 0.00299. The monoisotopic (exact) mass is 524 g/mol. The topological polar surface area (TPSA) is 138 Å². The molecule has 2 bridgehead atoms. The van der Waals surface area contributed by atoms with Crippen molar-refractivity contribution in [2.24, 2.45) is 5.92 Å². The quantitative estimate of drug-likeness (QED) is 0.426. The number of methoxy groups -OCH3 is 1. The van der Waals surface area contributed by atoms with Crippen molar-refractivity contribution in [3.63, 3.8) is 0 Å². The van der Waals surface area contributed by atoms with Crippen LogP contribution in [-0.4, -0.2) is 63.1 Å². The first-order chi connectivity index (χ1) is 18.3. The molecule has 3 unspecified atom stereocenters. The largest absolute Gasteiger partial charge is 0.481 e. The van der Waals surface area contributed by atoms with E-state index in [1.54, 1.807) is 6.07 Å². The van der Waals surface area contributed by atoms with Gasteiger partial charge in [-0.25, -0.2) is 9.37 Å². The third-order valence-corrected chi connectivity index (χ3v) is 9.03. The summed E-state index contributed by atoms with van der Waals surface area (Å²) in [7, 11) is 1.44. The zero-order valence-electron chi connectivity index (χ0n) is 21.4. The summed E-state index contributed by atoms with van der Waals surface area (Å²) in [6.45, 7) is 0. The maximum absolute atomic E-state index is 14.4. The lowest BCUT2D eigenvalue weighted by Gasteiger charge is -2.40. The van der Waals surface area contributed by atoms with Gasteiger partial charge < -0.3 is 20.7 Å². The number of aromatic amines is 1. The summed E-state index contributed by atoms with van der Waals surface area (Å²) in [5.74, 6) is -0.607. The van der Waals surface area contributed by atoms with Gasteiger partial charge in [0.1, 0.15) is 5.69 Å². The highest BCUT2D eigenvalue weighted by atomic mass is 19.1. The Bertz CT molecular complexity index is 1270. The Balaban J connectivity index is 1.13. The predicted molar refractivity (Wildman–Crippen MR) is 135 cm³/mol. The number of H-pyrrole nitrogens is 1. The summed E-state index contributed by atoms with van der Waals surface area (Å²) in [6.07, 6.45) is 8.55. The number of hydrogen-bond donors (Lipinski definition) is 4. The Morgan fingerprint density at radius 3 is 2.71 bits per heavy atom. The van der Waals surface area contributed by atoms with Gasteiger partial charge in [0.25, 0.3) is 0 Å². The minimum atomic E-state index is -0.853. The standard InChI is InChI=1S/C27H33FN6O4/c1-38-23-11-18(19(28)14-29-23)20-12-21(34-33-20)24(36)27-9-4-17(31-27)10-15(13-27)25(37)30-16-2-6-26(7-3-16)8-5-22(35)32-26/h11-12,14-17,31H,2-10,13H2,1H3,(H,30,37)(H,32,35)(H,33,34). The summed E-state index contributed by atoms with van der Waals surface area (Å²) < 4.78 is 19.5. The van der Waals surface area contributed by atoms with Crippen LogP contribution in [0.4, 0.5) is 4.39 Å². The van der Waals surface area contributed by atoms with Crippen LogP contribution >= 0.6 is 0 Å². The number of carbonyl (C=O) groups is 3. The molecule has 1 saturated carbocycles. The zero-order chi connectivity index (χ0) is 26.5. The Kier molecular flexibility index (Phi) is 6.20. The van der Waals surface area contributed by atoms with Crippen molar-refractivity contribution in [1.82, 2.24) is 31.1 Å². The summed E-state index contributed by atoms with van der Waals surface area (Å²) in [6, 6.07) is 3.17. The highest BCUT2D eigenvalue weighted by Crippen LogP contribution is 2.42. The smallest absolute Gasteiger partial charge is 0.223 e. The number of carbonyl (C=O) groups excluding carboxylic acids is 3. The lowest BCUT2D eigenvalue weighted by molar-refractivity contribution is -0.127. The van der Waals surface area contributed by atoms with E-state index in [2.05, 4.69) is 31.1 Å². The summed E-state index contributed by atoms with van der Waals surface area (Å²) in [4.78, 5) is 42.6. The lowest BCUT2D eigenvalue weighted by Crippen LogP contribution is -2.57. The summed E-state index contributed by atoms with van der Waals surface area (Å²) in [5.41, 5.74) is -0.185. The number of nitrogens with zero attached hydrogens (tertiary/aromatic N) is 2. The number of ether oxygens (including phenoxy) is 1. The van der Waals surface area contributed by atoms with Gasteiger partial charge in [-0.3, -0.25) is 19.5 Å². The molecule has 2 amide bonds. The number of rotatable bonds is 6. The second-order valence-electron chi connectivity index (χ2n) is 11.4. The van der Waals surface area contributed by atoms with Crippen molar-refractivity contribution in [2.75, 3.05) is 7.11 Å². The number of amides is 2. The fourth-order valence-electron chi connectivity index (χ4n) is 6.96. The maximum atomic E-state index is 14.4. The number of aromatic nitrogens is 3. The van der Waals surface area contributed by atoms with Crippen LogP contribution in [-0.2, 0) is 9.59 Å². The molecule has 2 aromatic rings. The van der Waals surface area contributed by atoms with Gasteiger partial charge in [-0.15, -0.1) is 0 Å². The van der Waals surface area contributed by atoms with Gasteiger partial charge in [-0.2, -0.15) is 5.10 Å². The van der Waals surface area contributed by atoms with Gasteiger partial charge in [0.2, 0.25) is 23.5 Å². The molecule has 6 rings (SSSR count). The van der Waals surface area contributed by atoms with Gasteiger partial charge in [0.05, 0.1) is 24.5 Å². The van der Waals surface area contributed by atoms with Crippen molar-refractivity contribution < 1.29 is 23.5 Å². The second kappa shape index (κ2) is 9.44. The molecule has 38 heavy (non-hydrogen) atoms. The molecule has 4 aliphatic rings. The molecule has 4 fully saturated rings. The van der Waals surface area contributed by atoms with E-state index in [0.717, 1.165) is 44.7 Å². The molecule has 3 saturated heterocycles. The van der Waals surface area contributed by atoms with Crippen molar-refractivity contribution in [3.05, 3.63) is 29.8 Å². The van der Waals surface area contributed by atoms with Crippen molar-refractivity contribution >= 4 is 17.6 Å². The Morgan fingerprint density at radius 2 is 1.97 bits per heavy atom. The SMILES string of the molecule is COc1cc(-c2cc(C(=O)C34CCC(CC(C(=O)NC5CCC6(CCC(=O)N6)CC5)C3)N4)[nH]n2)c(F)cn1. The summed E-state index contributed by atoms with van der Waals surface area (Å²) >= 11 is 0. The fraction of sp³-hybridized carbons (Fsp3) is 0.593. The molecule has 10 nitrogen and oxygen atoms in total. The van der Waals surface area contributed by atoms with Crippen LogP contribution in [0.1, 0.15) is 74.7 Å². The van der Waals surface area contributed by atoms with E-state index in [4.69, 9.17) is 4.74 Å². The molecular weight excluding hydrogens is 491 g/mol. The van der Waals surface area contributed by atoms with E-state index in [1.807, 2.05) is 0 Å². The van der Waals surface area contributed by atoms with Gasteiger partial charge in [0, 0.05) is 41.6 Å².